The summed E-state index contributed by atoms with van der Waals surface area (Å²) in [6.45, 7) is 3.80. The summed E-state index contributed by atoms with van der Waals surface area (Å²) in [5.41, 5.74) is 1.43. The van der Waals surface area contributed by atoms with Crippen molar-refractivity contribution in [2.24, 2.45) is 0 Å². The zero-order chi connectivity index (χ0) is 13.8. The lowest BCUT2D eigenvalue weighted by Crippen LogP contribution is -2.11. The van der Waals surface area contributed by atoms with Crippen LogP contribution in [0.2, 0.25) is 5.02 Å². The summed E-state index contributed by atoms with van der Waals surface area (Å²) in [4.78, 5) is 7.85. The lowest BCUT2D eigenvalue weighted by Gasteiger charge is -2.16. The molecule has 0 saturated carbocycles. The van der Waals surface area contributed by atoms with Gasteiger partial charge in [-0.2, -0.15) is 0 Å². The molecule has 2 aromatic rings. The number of rotatable bonds is 4. The Kier molecular flexibility index (Phi) is 4.32. The predicted molar refractivity (Wildman–Crippen MR) is 74.9 cm³/mol. The van der Waals surface area contributed by atoms with Gasteiger partial charge in [0.2, 0.25) is 0 Å². The van der Waals surface area contributed by atoms with Crippen LogP contribution >= 0.6 is 11.6 Å². The van der Waals surface area contributed by atoms with E-state index in [1.54, 1.807) is 0 Å². The second kappa shape index (κ2) is 5.97. The maximum absolute atomic E-state index is 14.0. The molecule has 0 amide bonds. The van der Waals surface area contributed by atoms with Crippen LogP contribution in [-0.2, 0) is 6.42 Å². The van der Waals surface area contributed by atoms with Crippen molar-refractivity contribution in [1.29, 1.82) is 0 Å². The molecular formula is C14H15ClFN3. The average Bonchev–Trinajstić information content (AvgIpc) is 2.42. The van der Waals surface area contributed by atoms with E-state index in [2.05, 4.69) is 15.3 Å². The van der Waals surface area contributed by atoms with E-state index in [0.29, 0.717) is 17.1 Å². The zero-order valence-electron chi connectivity index (χ0n) is 10.8. The summed E-state index contributed by atoms with van der Waals surface area (Å²) >= 11 is 5.84. The van der Waals surface area contributed by atoms with Crippen molar-refractivity contribution in [2.75, 3.05) is 5.32 Å². The minimum atomic E-state index is -0.384. The highest BCUT2D eigenvalue weighted by Crippen LogP contribution is 2.22. The maximum Gasteiger partial charge on any atom is 0.186 e. The molecule has 0 aliphatic rings. The van der Waals surface area contributed by atoms with Crippen molar-refractivity contribution in [2.45, 2.75) is 26.3 Å². The summed E-state index contributed by atoms with van der Waals surface area (Å²) in [5, 5.41) is 3.73. The highest BCUT2D eigenvalue weighted by atomic mass is 35.5. The van der Waals surface area contributed by atoms with E-state index in [4.69, 9.17) is 11.6 Å². The van der Waals surface area contributed by atoms with E-state index in [0.717, 1.165) is 5.56 Å². The van der Waals surface area contributed by atoms with Crippen molar-refractivity contribution in [3.63, 3.8) is 0 Å². The van der Waals surface area contributed by atoms with Gasteiger partial charge in [-0.25, -0.2) is 14.4 Å². The van der Waals surface area contributed by atoms with Crippen molar-refractivity contribution < 1.29 is 4.39 Å². The smallest absolute Gasteiger partial charge is 0.186 e. The van der Waals surface area contributed by atoms with Crippen LogP contribution < -0.4 is 5.32 Å². The molecule has 3 nitrogen and oxygen atoms in total. The topological polar surface area (TPSA) is 37.8 Å². The third-order valence-electron chi connectivity index (χ3n) is 2.92. The van der Waals surface area contributed by atoms with Gasteiger partial charge in [0.15, 0.2) is 11.6 Å². The molecule has 1 heterocycles. The third kappa shape index (κ3) is 3.20. The Bertz CT molecular complexity index is 557. The summed E-state index contributed by atoms with van der Waals surface area (Å²) in [7, 11) is 0. The van der Waals surface area contributed by atoms with Crippen molar-refractivity contribution in [3.05, 3.63) is 52.7 Å². The first-order valence-corrected chi connectivity index (χ1v) is 6.51. The summed E-state index contributed by atoms with van der Waals surface area (Å²) < 4.78 is 14.0. The first-order chi connectivity index (χ1) is 9.11. The van der Waals surface area contributed by atoms with Gasteiger partial charge >= 0.3 is 0 Å². The van der Waals surface area contributed by atoms with Crippen LogP contribution in [-0.4, -0.2) is 9.97 Å². The molecule has 0 bridgehead atoms. The first-order valence-electron chi connectivity index (χ1n) is 6.13. The Hall–Kier alpha value is -1.68. The molecule has 0 aliphatic heterocycles. The quantitative estimate of drug-likeness (QED) is 0.919. The van der Waals surface area contributed by atoms with E-state index >= 15 is 0 Å². The van der Waals surface area contributed by atoms with Gasteiger partial charge in [-0.05, 0) is 31.0 Å². The third-order valence-corrected chi connectivity index (χ3v) is 3.17. The van der Waals surface area contributed by atoms with Crippen molar-refractivity contribution >= 4 is 17.4 Å². The average molecular weight is 280 g/mol. The molecule has 100 valence electrons. The molecule has 2 rings (SSSR count). The number of benzene rings is 1. The largest absolute Gasteiger partial charge is 0.361 e. The Morgan fingerprint density at radius 2 is 1.95 bits per heavy atom. The standard InChI is InChI=1S/C14H15ClFN3/c1-3-12-13(16)14(18-8-17-12)19-9(2)10-4-6-11(15)7-5-10/h4-9H,3H2,1-2H3,(H,17,18,19). The Morgan fingerprint density at radius 3 is 2.58 bits per heavy atom. The van der Waals surface area contributed by atoms with Crippen LogP contribution in [0.15, 0.2) is 30.6 Å². The number of halogens is 2. The minimum Gasteiger partial charge on any atom is -0.361 e. The molecule has 5 heteroatoms. The van der Waals surface area contributed by atoms with Gasteiger partial charge in [0.05, 0.1) is 11.7 Å². The zero-order valence-corrected chi connectivity index (χ0v) is 11.6. The van der Waals surface area contributed by atoms with Crippen LogP contribution in [0.25, 0.3) is 0 Å². The minimum absolute atomic E-state index is 0.0635. The lowest BCUT2D eigenvalue weighted by atomic mass is 10.1. The lowest BCUT2D eigenvalue weighted by molar-refractivity contribution is 0.594. The number of anilines is 1. The van der Waals surface area contributed by atoms with Gasteiger partial charge < -0.3 is 5.32 Å². The van der Waals surface area contributed by atoms with Gasteiger partial charge in [0.1, 0.15) is 6.33 Å². The van der Waals surface area contributed by atoms with E-state index < -0.39 is 0 Å². The second-order valence-corrected chi connectivity index (χ2v) is 4.69. The fraction of sp³-hybridized carbons (Fsp3) is 0.286. The fourth-order valence-electron chi connectivity index (χ4n) is 1.79. The van der Waals surface area contributed by atoms with Gasteiger partial charge in [0.25, 0.3) is 0 Å². The fourth-order valence-corrected chi connectivity index (χ4v) is 1.92. The van der Waals surface area contributed by atoms with Crippen molar-refractivity contribution in [1.82, 2.24) is 9.97 Å². The van der Waals surface area contributed by atoms with Crippen LogP contribution in [0.1, 0.15) is 31.1 Å². The predicted octanol–water partition coefficient (Wildman–Crippen LogP) is 4.00. The number of hydrogen-bond donors (Lipinski definition) is 1. The molecule has 19 heavy (non-hydrogen) atoms. The molecule has 1 aromatic heterocycles. The van der Waals surface area contributed by atoms with Crippen LogP contribution in [0.4, 0.5) is 10.2 Å². The Labute approximate surface area is 116 Å². The summed E-state index contributed by atoms with van der Waals surface area (Å²) in [6, 6.07) is 7.36. The molecule has 0 radical (unpaired) electrons. The number of aromatic nitrogens is 2. The summed E-state index contributed by atoms with van der Waals surface area (Å²) in [6.07, 6.45) is 1.91. The molecule has 1 N–H and O–H groups in total. The molecule has 1 aromatic carbocycles. The maximum atomic E-state index is 14.0. The van der Waals surface area contributed by atoms with Gasteiger partial charge in [-0.1, -0.05) is 30.7 Å². The normalized spacial score (nSPS) is 12.2. The number of aryl methyl sites for hydroxylation is 1. The monoisotopic (exact) mass is 279 g/mol. The molecule has 1 atom stereocenters. The molecule has 0 fully saturated rings. The van der Waals surface area contributed by atoms with E-state index in [-0.39, 0.29) is 17.7 Å². The van der Waals surface area contributed by atoms with Gasteiger partial charge in [0, 0.05) is 5.02 Å². The van der Waals surface area contributed by atoms with E-state index in [1.165, 1.54) is 6.33 Å². The highest BCUT2D eigenvalue weighted by Gasteiger charge is 2.12. The SMILES string of the molecule is CCc1ncnc(NC(C)c2ccc(Cl)cc2)c1F. The molecule has 0 saturated heterocycles. The van der Waals surface area contributed by atoms with Crippen LogP contribution in [0.5, 0.6) is 0 Å². The second-order valence-electron chi connectivity index (χ2n) is 4.25. The Balaban J connectivity index is 2.19. The van der Waals surface area contributed by atoms with Gasteiger partial charge in [-0.3, -0.25) is 0 Å². The number of hydrogen-bond acceptors (Lipinski definition) is 3. The number of nitrogens with zero attached hydrogens (tertiary/aromatic N) is 2. The Morgan fingerprint density at radius 1 is 1.26 bits per heavy atom. The molecule has 0 spiro atoms. The highest BCUT2D eigenvalue weighted by molar-refractivity contribution is 6.30. The van der Waals surface area contributed by atoms with Crippen LogP contribution in [0, 0.1) is 5.82 Å². The first kappa shape index (κ1) is 13.7. The molecule has 1 unspecified atom stereocenters. The van der Waals surface area contributed by atoms with Gasteiger partial charge in [-0.15, -0.1) is 0 Å². The van der Waals surface area contributed by atoms with E-state index in [1.807, 2.05) is 38.1 Å². The summed E-state index contributed by atoms with van der Waals surface area (Å²) in [5.74, 6) is -0.153. The van der Waals surface area contributed by atoms with Crippen molar-refractivity contribution in [3.8, 4) is 0 Å². The molecular weight excluding hydrogens is 265 g/mol. The molecule has 0 aliphatic carbocycles. The van der Waals surface area contributed by atoms with E-state index in [9.17, 15) is 4.39 Å². The van der Waals surface area contributed by atoms with Crippen LogP contribution in [0.3, 0.4) is 0 Å². The number of nitrogens with one attached hydrogen (secondary N) is 1.